The number of fused-ring (bicyclic) bond motifs is 1. The molecule has 7 heteroatoms. The summed E-state index contributed by atoms with van der Waals surface area (Å²) < 4.78 is 5.22. The Morgan fingerprint density at radius 2 is 2.00 bits per heavy atom. The van der Waals surface area contributed by atoms with Crippen molar-refractivity contribution < 1.29 is 9.53 Å². The number of anilines is 2. The SMILES string of the molecule is CC(C)C1COC(=O)N1c1ccnc(N[C@@H](C)c2ccc3cccnc3c2)n1. The van der Waals surface area contributed by atoms with Crippen LogP contribution in [0.2, 0.25) is 0 Å². The van der Waals surface area contributed by atoms with Crippen molar-refractivity contribution in [2.24, 2.45) is 5.92 Å². The lowest BCUT2D eigenvalue weighted by molar-refractivity contribution is 0.177. The monoisotopic (exact) mass is 377 g/mol. The Kier molecular flexibility index (Phi) is 4.81. The van der Waals surface area contributed by atoms with Crippen LogP contribution in [0.15, 0.2) is 48.8 Å². The van der Waals surface area contributed by atoms with Crippen LogP contribution in [-0.2, 0) is 4.74 Å². The average molecular weight is 377 g/mol. The maximum absolute atomic E-state index is 12.2. The first-order chi connectivity index (χ1) is 13.5. The first-order valence-electron chi connectivity index (χ1n) is 9.43. The van der Waals surface area contributed by atoms with E-state index in [-0.39, 0.29) is 24.1 Å². The summed E-state index contributed by atoms with van der Waals surface area (Å²) in [6.07, 6.45) is 3.08. The molecule has 1 unspecified atom stereocenters. The molecule has 3 aromatic rings. The van der Waals surface area contributed by atoms with E-state index < -0.39 is 0 Å². The molecule has 1 aromatic carbocycles. The number of amides is 1. The Bertz CT molecular complexity index is 1010. The number of ether oxygens (including phenoxy) is 1. The van der Waals surface area contributed by atoms with Crippen molar-refractivity contribution in [2.75, 3.05) is 16.8 Å². The molecule has 0 aliphatic carbocycles. The van der Waals surface area contributed by atoms with Crippen LogP contribution < -0.4 is 10.2 Å². The second-order valence-electron chi connectivity index (χ2n) is 7.32. The highest BCUT2D eigenvalue weighted by atomic mass is 16.6. The smallest absolute Gasteiger partial charge is 0.415 e. The molecule has 3 heterocycles. The average Bonchev–Trinajstić information content (AvgIpc) is 3.09. The largest absolute Gasteiger partial charge is 0.447 e. The Morgan fingerprint density at radius 1 is 1.14 bits per heavy atom. The highest BCUT2D eigenvalue weighted by Crippen LogP contribution is 2.27. The lowest BCUT2D eigenvalue weighted by atomic mass is 10.0. The quantitative estimate of drug-likeness (QED) is 0.718. The standard InChI is InChI=1S/C21H23N5O2/c1-13(2)18-12-28-21(27)26(18)19-8-10-23-20(25-19)24-14(3)16-7-6-15-5-4-9-22-17(15)11-16/h4-11,13-14,18H,12H2,1-3H3,(H,23,24,25)/t14-,18?/m0/s1. The van der Waals surface area contributed by atoms with Gasteiger partial charge in [-0.25, -0.2) is 9.78 Å². The van der Waals surface area contributed by atoms with Crippen molar-refractivity contribution in [3.05, 3.63) is 54.4 Å². The highest BCUT2D eigenvalue weighted by Gasteiger charge is 2.37. The van der Waals surface area contributed by atoms with Gasteiger partial charge >= 0.3 is 6.09 Å². The summed E-state index contributed by atoms with van der Waals surface area (Å²) >= 11 is 0. The van der Waals surface area contributed by atoms with Crippen molar-refractivity contribution in [3.63, 3.8) is 0 Å². The molecule has 0 spiro atoms. The number of carbonyl (C=O) groups excluding carboxylic acids is 1. The summed E-state index contributed by atoms with van der Waals surface area (Å²) in [5, 5.41) is 4.42. The van der Waals surface area contributed by atoms with Gasteiger partial charge in [-0.2, -0.15) is 4.98 Å². The van der Waals surface area contributed by atoms with Crippen molar-refractivity contribution in [2.45, 2.75) is 32.9 Å². The molecule has 1 fully saturated rings. The molecule has 144 valence electrons. The van der Waals surface area contributed by atoms with E-state index in [2.05, 4.69) is 52.3 Å². The molecule has 7 nitrogen and oxygen atoms in total. The molecule has 28 heavy (non-hydrogen) atoms. The van der Waals surface area contributed by atoms with E-state index in [1.165, 1.54) is 0 Å². The molecule has 1 amide bonds. The molecular formula is C21H23N5O2. The van der Waals surface area contributed by atoms with Crippen LogP contribution in [0.5, 0.6) is 0 Å². The predicted molar refractivity (Wildman–Crippen MR) is 108 cm³/mol. The lowest BCUT2D eigenvalue weighted by Gasteiger charge is -2.23. The normalized spacial score (nSPS) is 17.8. The van der Waals surface area contributed by atoms with E-state index in [0.29, 0.717) is 18.4 Å². The van der Waals surface area contributed by atoms with Gasteiger partial charge in [0.1, 0.15) is 12.4 Å². The maximum Gasteiger partial charge on any atom is 0.415 e. The van der Waals surface area contributed by atoms with E-state index in [4.69, 9.17) is 4.74 Å². The number of nitrogens with zero attached hydrogens (tertiary/aromatic N) is 4. The van der Waals surface area contributed by atoms with E-state index in [9.17, 15) is 4.79 Å². The predicted octanol–water partition coefficient (Wildman–Crippen LogP) is 4.18. The topological polar surface area (TPSA) is 80.2 Å². The van der Waals surface area contributed by atoms with Gasteiger partial charge in [0.15, 0.2) is 0 Å². The molecule has 0 saturated carbocycles. The molecule has 2 aromatic heterocycles. The minimum Gasteiger partial charge on any atom is -0.447 e. The fourth-order valence-corrected chi connectivity index (χ4v) is 3.37. The van der Waals surface area contributed by atoms with E-state index in [1.54, 1.807) is 23.4 Å². The molecular weight excluding hydrogens is 354 g/mol. The van der Waals surface area contributed by atoms with Gasteiger partial charge in [-0.15, -0.1) is 0 Å². The molecule has 0 radical (unpaired) electrons. The molecule has 4 rings (SSSR count). The summed E-state index contributed by atoms with van der Waals surface area (Å²) in [6, 6.07) is 11.8. The summed E-state index contributed by atoms with van der Waals surface area (Å²) in [6.45, 7) is 6.55. The zero-order chi connectivity index (χ0) is 19.7. The number of cyclic esters (lactones) is 1. The van der Waals surface area contributed by atoms with Crippen molar-refractivity contribution in [1.29, 1.82) is 0 Å². The third-order valence-corrected chi connectivity index (χ3v) is 5.04. The number of aromatic nitrogens is 3. The van der Waals surface area contributed by atoms with E-state index >= 15 is 0 Å². The van der Waals surface area contributed by atoms with Crippen molar-refractivity contribution in [1.82, 2.24) is 15.0 Å². The van der Waals surface area contributed by atoms with Gasteiger partial charge < -0.3 is 10.1 Å². The third kappa shape index (κ3) is 3.47. The number of nitrogens with one attached hydrogen (secondary N) is 1. The van der Waals surface area contributed by atoms with Crippen LogP contribution in [-0.4, -0.2) is 33.7 Å². The number of hydrogen-bond donors (Lipinski definition) is 1. The molecule has 0 bridgehead atoms. The summed E-state index contributed by atoms with van der Waals surface area (Å²) in [5.74, 6) is 1.28. The molecule has 1 aliphatic rings. The number of hydrogen-bond acceptors (Lipinski definition) is 6. The van der Waals surface area contributed by atoms with Gasteiger partial charge in [0, 0.05) is 17.8 Å². The Labute approximate surface area is 163 Å². The summed E-state index contributed by atoms with van der Waals surface area (Å²) in [7, 11) is 0. The molecule has 1 saturated heterocycles. The first kappa shape index (κ1) is 18.2. The van der Waals surface area contributed by atoms with Crippen LogP contribution in [0, 0.1) is 5.92 Å². The van der Waals surface area contributed by atoms with Gasteiger partial charge in [0.25, 0.3) is 0 Å². The number of carbonyl (C=O) groups is 1. The Balaban J connectivity index is 1.56. The van der Waals surface area contributed by atoms with Gasteiger partial charge in [-0.05, 0) is 36.6 Å². The number of benzene rings is 1. The lowest BCUT2D eigenvalue weighted by Crippen LogP contribution is -2.37. The Hall–Kier alpha value is -3.22. The van der Waals surface area contributed by atoms with Crippen LogP contribution in [0.1, 0.15) is 32.4 Å². The number of pyridine rings is 1. The van der Waals surface area contributed by atoms with Crippen molar-refractivity contribution >= 4 is 28.8 Å². The molecule has 2 atom stereocenters. The maximum atomic E-state index is 12.2. The minimum atomic E-state index is -0.364. The van der Waals surface area contributed by atoms with Crippen LogP contribution in [0.4, 0.5) is 16.6 Å². The Morgan fingerprint density at radius 3 is 2.82 bits per heavy atom. The van der Waals surface area contributed by atoms with Gasteiger partial charge in [0.05, 0.1) is 17.6 Å². The molecule has 1 aliphatic heterocycles. The number of rotatable bonds is 5. The highest BCUT2D eigenvalue weighted by molar-refractivity contribution is 5.89. The van der Waals surface area contributed by atoms with Crippen LogP contribution in [0.3, 0.4) is 0 Å². The van der Waals surface area contributed by atoms with Crippen LogP contribution in [0.25, 0.3) is 10.9 Å². The van der Waals surface area contributed by atoms with Crippen molar-refractivity contribution in [3.8, 4) is 0 Å². The molecule has 1 N–H and O–H groups in total. The van der Waals surface area contributed by atoms with E-state index in [1.807, 2.05) is 19.1 Å². The van der Waals surface area contributed by atoms with Gasteiger partial charge in [-0.3, -0.25) is 9.88 Å². The zero-order valence-electron chi connectivity index (χ0n) is 16.2. The van der Waals surface area contributed by atoms with E-state index in [0.717, 1.165) is 16.5 Å². The summed E-state index contributed by atoms with van der Waals surface area (Å²) in [4.78, 5) is 27.1. The zero-order valence-corrected chi connectivity index (χ0v) is 16.2. The second-order valence-corrected chi connectivity index (χ2v) is 7.32. The minimum absolute atomic E-state index is 0.0203. The van der Waals surface area contributed by atoms with Gasteiger partial charge in [-0.1, -0.05) is 32.0 Å². The van der Waals surface area contributed by atoms with Crippen LogP contribution >= 0.6 is 0 Å². The third-order valence-electron chi connectivity index (χ3n) is 5.04. The fraction of sp³-hybridized carbons (Fsp3) is 0.333. The second kappa shape index (κ2) is 7.42. The first-order valence-corrected chi connectivity index (χ1v) is 9.43. The summed E-state index contributed by atoms with van der Waals surface area (Å²) in [5.41, 5.74) is 2.03. The van der Waals surface area contributed by atoms with Gasteiger partial charge in [0.2, 0.25) is 5.95 Å². The fourth-order valence-electron chi connectivity index (χ4n) is 3.37.